The average Bonchev–Trinajstić information content (AvgIpc) is 2.85. The van der Waals surface area contributed by atoms with Crippen LogP contribution in [0.5, 0.6) is 5.75 Å². The first-order valence-corrected chi connectivity index (χ1v) is 6.40. The van der Waals surface area contributed by atoms with Gasteiger partial charge in [0.2, 0.25) is 0 Å². The topological polar surface area (TPSA) is 59.4 Å². The molecule has 0 aliphatic heterocycles. The molecule has 3 rings (SSSR count). The van der Waals surface area contributed by atoms with Gasteiger partial charge in [-0.05, 0) is 36.5 Å². The van der Waals surface area contributed by atoms with Crippen LogP contribution in [-0.4, -0.2) is 23.2 Å². The Balaban J connectivity index is 2.33. The van der Waals surface area contributed by atoms with E-state index < -0.39 is 5.97 Å². The third kappa shape index (κ3) is 1.93. The summed E-state index contributed by atoms with van der Waals surface area (Å²) in [6, 6.07) is 5.68. The van der Waals surface area contributed by atoms with E-state index in [1.165, 1.54) is 0 Å². The Kier molecular flexibility index (Phi) is 2.85. The third-order valence-electron chi connectivity index (χ3n) is 3.67. The van der Waals surface area contributed by atoms with Crippen LogP contribution in [0.15, 0.2) is 18.2 Å². The average molecular weight is 257 g/mol. The number of carboxylic acid groups (broad SMARTS) is 1. The highest BCUT2D eigenvalue weighted by Gasteiger charge is 2.22. The largest absolute Gasteiger partial charge is 0.494 e. The molecule has 0 fully saturated rings. The van der Waals surface area contributed by atoms with Gasteiger partial charge < -0.3 is 9.84 Å². The fourth-order valence-electron chi connectivity index (χ4n) is 2.87. The first kappa shape index (κ1) is 12.0. The van der Waals surface area contributed by atoms with E-state index in [-0.39, 0.29) is 6.42 Å². The Morgan fingerprint density at radius 3 is 3.00 bits per heavy atom. The van der Waals surface area contributed by atoms with Gasteiger partial charge in [-0.2, -0.15) is 0 Å². The van der Waals surface area contributed by atoms with Gasteiger partial charge in [0, 0.05) is 11.1 Å². The lowest BCUT2D eigenvalue weighted by Gasteiger charge is -2.12. The van der Waals surface area contributed by atoms with Crippen molar-refractivity contribution in [2.24, 2.45) is 0 Å². The highest BCUT2D eigenvalue weighted by Crippen LogP contribution is 2.34. The highest BCUT2D eigenvalue weighted by molar-refractivity contribution is 5.91. The molecular weight excluding hydrogens is 242 g/mol. The number of carboxylic acids is 1. The molecule has 19 heavy (non-hydrogen) atoms. The van der Waals surface area contributed by atoms with E-state index in [2.05, 4.69) is 4.98 Å². The van der Waals surface area contributed by atoms with Crippen molar-refractivity contribution >= 4 is 16.9 Å². The van der Waals surface area contributed by atoms with E-state index in [9.17, 15) is 4.79 Å². The molecule has 4 nitrogen and oxygen atoms in total. The van der Waals surface area contributed by atoms with Crippen molar-refractivity contribution < 1.29 is 14.6 Å². The monoisotopic (exact) mass is 257 g/mol. The van der Waals surface area contributed by atoms with Crippen molar-refractivity contribution in [1.29, 1.82) is 0 Å². The van der Waals surface area contributed by atoms with Crippen LogP contribution in [0.4, 0.5) is 0 Å². The number of aliphatic carboxylic acids is 1. The number of hydrogen-bond donors (Lipinski definition) is 1. The Morgan fingerprint density at radius 1 is 1.42 bits per heavy atom. The van der Waals surface area contributed by atoms with E-state index in [0.717, 1.165) is 47.0 Å². The predicted molar refractivity (Wildman–Crippen MR) is 71.7 cm³/mol. The second-order valence-electron chi connectivity index (χ2n) is 4.80. The van der Waals surface area contributed by atoms with Crippen LogP contribution < -0.4 is 4.74 Å². The molecule has 98 valence electrons. The van der Waals surface area contributed by atoms with Crippen LogP contribution in [0.1, 0.15) is 23.2 Å². The first-order valence-electron chi connectivity index (χ1n) is 6.40. The van der Waals surface area contributed by atoms with Gasteiger partial charge >= 0.3 is 5.97 Å². The van der Waals surface area contributed by atoms with Crippen molar-refractivity contribution in [2.45, 2.75) is 25.7 Å². The van der Waals surface area contributed by atoms with Gasteiger partial charge in [-0.3, -0.25) is 4.79 Å². The number of aromatic nitrogens is 1. The summed E-state index contributed by atoms with van der Waals surface area (Å²) in [5.74, 6) is -0.0942. The molecule has 0 saturated carbocycles. The first-order chi connectivity index (χ1) is 9.20. The molecule has 0 amide bonds. The molecule has 1 aliphatic rings. The van der Waals surface area contributed by atoms with Gasteiger partial charge in [0.1, 0.15) is 11.3 Å². The van der Waals surface area contributed by atoms with Gasteiger partial charge in [-0.1, -0.05) is 12.1 Å². The van der Waals surface area contributed by atoms with E-state index >= 15 is 0 Å². The molecule has 0 bridgehead atoms. The van der Waals surface area contributed by atoms with Crippen molar-refractivity contribution in [3.8, 4) is 5.75 Å². The van der Waals surface area contributed by atoms with Crippen LogP contribution >= 0.6 is 0 Å². The summed E-state index contributed by atoms with van der Waals surface area (Å²) in [7, 11) is 1.61. The molecule has 1 N–H and O–H groups in total. The van der Waals surface area contributed by atoms with Gasteiger partial charge in [-0.15, -0.1) is 0 Å². The zero-order valence-electron chi connectivity index (χ0n) is 10.8. The van der Waals surface area contributed by atoms with E-state index in [1.54, 1.807) is 7.11 Å². The zero-order valence-corrected chi connectivity index (χ0v) is 10.8. The molecule has 0 saturated heterocycles. The normalized spacial score (nSPS) is 13.5. The summed E-state index contributed by atoms with van der Waals surface area (Å²) in [4.78, 5) is 15.8. The van der Waals surface area contributed by atoms with Crippen LogP contribution in [-0.2, 0) is 24.1 Å². The van der Waals surface area contributed by atoms with E-state index in [4.69, 9.17) is 9.84 Å². The Labute approximate surface area is 111 Å². The predicted octanol–water partition coefficient (Wildman–Crippen LogP) is 2.36. The summed E-state index contributed by atoms with van der Waals surface area (Å²) in [5.41, 5.74) is 3.85. The van der Waals surface area contributed by atoms with Crippen molar-refractivity contribution in [1.82, 2.24) is 4.98 Å². The number of para-hydroxylation sites is 1. The van der Waals surface area contributed by atoms with Crippen LogP contribution in [0.2, 0.25) is 0 Å². The van der Waals surface area contributed by atoms with E-state index in [1.807, 2.05) is 18.2 Å². The van der Waals surface area contributed by atoms with Gasteiger partial charge in [-0.25, -0.2) is 4.98 Å². The lowest BCUT2D eigenvalue weighted by atomic mass is 9.98. The lowest BCUT2D eigenvalue weighted by Crippen LogP contribution is -2.06. The highest BCUT2D eigenvalue weighted by atomic mass is 16.5. The number of carbonyl (C=O) groups is 1. The molecule has 0 atom stereocenters. The number of benzene rings is 1. The second-order valence-corrected chi connectivity index (χ2v) is 4.80. The molecule has 2 aromatic rings. The number of pyridine rings is 1. The number of fused-ring (bicyclic) bond motifs is 2. The fraction of sp³-hybridized carbons (Fsp3) is 0.333. The Hall–Kier alpha value is -2.10. The molecule has 0 unspecified atom stereocenters. The second kappa shape index (κ2) is 4.53. The minimum absolute atomic E-state index is 0.0501. The summed E-state index contributed by atoms with van der Waals surface area (Å²) in [6.45, 7) is 0. The maximum Gasteiger partial charge on any atom is 0.307 e. The molecule has 1 aliphatic carbocycles. The summed E-state index contributed by atoms with van der Waals surface area (Å²) < 4.78 is 5.34. The minimum atomic E-state index is -0.801. The summed E-state index contributed by atoms with van der Waals surface area (Å²) in [5, 5.41) is 10.0. The number of methoxy groups -OCH3 is 1. The number of rotatable bonds is 3. The van der Waals surface area contributed by atoms with Crippen molar-refractivity contribution in [2.75, 3.05) is 7.11 Å². The van der Waals surface area contributed by atoms with Crippen LogP contribution in [0, 0.1) is 0 Å². The standard InChI is InChI=1S/C15H15NO3/c1-19-13-7-3-5-10-11(8-14(17)18)9-4-2-6-12(9)16-15(10)13/h3,5,7H,2,4,6,8H2,1H3,(H,17,18). The number of hydrogen-bond acceptors (Lipinski definition) is 3. The fourth-order valence-corrected chi connectivity index (χ4v) is 2.87. The quantitative estimate of drug-likeness (QED) is 0.917. The van der Waals surface area contributed by atoms with Crippen LogP contribution in [0.25, 0.3) is 10.9 Å². The molecule has 4 heteroatoms. The number of ether oxygens (including phenoxy) is 1. The zero-order chi connectivity index (χ0) is 13.4. The molecule has 0 spiro atoms. The Morgan fingerprint density at radius 2 is 2.26 bits per heavy atom. The van der Waals surface area contributed by atoms with Crippen molar-refractivity contribution in [3.05, 3.63) is 35.0 Å². The number of nitrogens with zero attached hydrogens (tertiary/aromatic N) is 1. The van der Waals surface area contributed by atoms with Gasteiger partial charge in [0.15, 0.2) is 0 Å². The third-order valence-corrected chi connectivity index (χ3v) is 3.67. The molecule has 1 aromatic carbocycles. The van der Waals surface area contributed by atoms with Crippen LogP contribution in [0.3, 0.4) is 0 Å². The SMILES string of the molecule is COc1cccc2c(CC(=O)O)c3c(nc12)CCC3. The molecule has 1 heterocycles. The molecule has 0 radical (unpaired) electrons. The smallest absolute Gasteiger partial charge is 0.307 e. The molecule has 1 aromatic heterocycles. The molecular formula is C15H15NO3. The lowest BCUT2D eigenvalue weighted by molar-refractivity contribution is -0.136. The summed E-state index contributed by atoms with van der Waals surface area (Å²) in [6.07, 6.45) is 2.95. The number of aryl methyl sites for hydroxylation is 1. The van der Waals surface area contributed by atoms with Gasteiger partial charge in [0.25, 0.3) is 0 Å². The maximum absolute atomic E-state index is 11.1. The van der Waals surface area contributed by atoms with Gasteiger partial charge in [0.05, 0.1) is 13.5 Å². The maximum atomic E-state index is 11.1. The Bertz CT molecular complexity index is 664. The minimum Gasteiger partial charge on any atom is -0.494 e. The van der Waals surface area contributed by atoms with E-state index in [0.29, 0.717) is 5.75 Å². The summed E-state index contributed by atoms with van der Waals surface area (Å²) >= 11 is 0. The van der Waals surface area contributed by atoms with Crippen molar-refractivity contribution in [3.63, 3.8) is 0 Å².